The molecule has 1 unspecified atom stereocenters. The van der Waals surface area contributed by atoms with Crippen LogP contribution in [-0.4, -0.2) is 29.5 Å². The molecular formula is C14H19N3O. The molecule has 2 saturated heterocycles. The van der Waals surface area contributed by atoms with Crippen LogP contribution in [-0.2, 0) is 4.79 Å². The molecule has 18 heavy (non-hydrogen) atoms. The average Bonchev–Trinajstić information content (AvgIpc) is 2.84. The number of anilines is 1. The predicted molar refractivity (Wildman–Crippen MR) is 70.5 cm³/mol. The van der Waals surface area contributed by atoms with Crippen molar-refractivity contribution in [1.82, 2.24) is 10.3 Å². The summed E-state index contributed by atoms with van der Waals surface area (Å²) in [5.41, 5.74) is 1.62. The maximum Gasteiger partial charge on any atom is 0.247 e. The molecule has 3 rings (SSSR count). The van der Waals surface area contributed by atoms with Crippen LogP contribution in [0.4, 0.5) is 5.69 Å². The van der Waals surface area contributed by atoms with Crippen LogP contribution in [0.3, 0.4) is 0 Å². The Balaban J connectivity index is 1.88. The van der Waals surface area contributed by atoms with Crippen LogP contribution in [0.15, 0.2) is 18.3 Å². The van der Waals surface area contributed by atoms with Crippen molar-refractivity contribution >= 4 is 11.6 Å². The lowest BCUT2D eigenvalue weighted by atomic mass is 9.86. The molecule has 0 aliphatic carbocycles. The maximum atomic E-state index is 12.7. The fourth-order valence-electron chi connectivity index (χ4n) is 3.07. The molecule has 3 heterocycles. The summed E-state index contributed by atoms with van der Waals surface area (Å²) in [5.74, 6) is 0.233. The van der Waals surface area contributed by atoms with Gasteiger partial charge in [0.15, 0.2) is 0 Å². The van der Waals surface area contributed by atoms with Crippen molar-refractivity contribution in [1.29, 1.82) is 0 Å². The van der Waals surface area contributed by atoms with E-state index in [4.69, 9.17) is 0 Å². The first-order chi connectivity index (χ1) is 8.71. The van der Waals surface area contributed by atoms with Crippen molar-refractivity contribution in [2.45, 2.75) is 38.1 Å². The van der Waals surface area contributed by atoms with Crippen LogP contribution in [0.1, 0.15) is 31.4 Å². The Hall–Kier alpha value is -1.42. The molecule has 1 N–H and O–H groups in total. The van der Waals surface area contributed by atoms with Gasteiger partial charge in [0.1, 0.15) is 0 Å². The summed E-state index contributed by atoms with van der Waals surface area (Å²) >= 11 is 0. The van der Waals surface area contributed by atoms with Gasteiger partial charge in [0.2, 0.25) is 5.91 Å². The Morgan fingerprint density at radius 1 is 1.33 bits per heavy atom. The fourth-order valence-corrected chi connectivity index (χ4v) is 3.07. The minimum Gasteiger partial charge on any atom is -0.309 e. The van der Waals surface area contributed by atoms with Gasteiger partial charge in [0.05, 0.1) is 17.4 Å². The first kappa shape index (κ1) is 11.7. The maximum absolute atomic E-state index is 12.7. The number of amides is 1. The summed E-state index contributed by atoms with van der Waals surface area (Å²) in [4.78, 5) is 18.9. The molecule has 1 aromatic rings. The SMILES string of the molecule is Cc1ccc(N2CCCC3(CCCN3)C2=O)cn1. The van der Waals surface area contributed by atoms with E-state index in [9.17, 15) is 4.79 Å². The zero-order valence-corrected chi connectivity index (χ0v) is 10.8. The van der Waals surface area contributed by atoms with Gasteiger partial charge in [-0.15, -0.1) is 0 Å². The molecule has 4 heteroatoms. The zero-order valence-electron chi connectivity index (χ0n) is 10.8. The number of aryl methyl sites for hydroxylation is 1. The lowest BCUT2D eigenvalue weighted by molar-refractivity contribution is -0.126. The molecule has 0 aromatic carbocycles. The van der Waals surface area contributed by atoms with E-state index in [1.165, 1.54) is 0 Å². The number of nitrogens with one attached hydrogen (secondary N) is 1. The highest BCUT2D eigenvalue weighted by atomic mass is 16.2. The summed E-state index contributed by atoms with van der Waals surface area (Å²) in [7, 11) is 0. The lowest BCUT2D eigenvalue weighted by Gasteiger charge is -2.39. The largest absolute Gasteiger partial charge is 0.309 e. The van der Waals surface area contributed by atoms with Crippen LogP contribution in [0.5, 0.6) is 0 Å². The number of pyridine rings is 1. The molecule has 1 atom stereocenters. The number of hydrogen-bond donors (Lipinski definition) is 1. The Kier molecular flexibility index (Phi) is 2.82. The van der Waals surface area contributed by atoms with Crippen molar-refractivity contribution in [3.8, 4) is 0 Å². The molecule has 2 fully saturated rings. The molecule has 2 aliphatic heterocycles. The Morgan fingerprint density at radius 2 is 2.17 bits per heavy atom. The quantitative estimate of drug-likeness (QED) is 0.818. The van der Waals surface area contributed by atoms with E-state index in [1.54, 1.807) is 6.20 Å². The van der Waals surface area contributed by atoms with E-state index in [0.29, 0.717) is 0 Å². The van der Waals surface area contributed by atoms with Gasteiger partial charge >= 0.3 is 0 Å². The zero-order chi connectivity index (χ0) is 12.6. The number of piperidine rings is 1. The molecule has 4 nitrogen and oxygen atoms in total. The van der Waals surface area contributed by atoms with E-state index in [1.807, 2.05) is 24.0 Å². The van der Waals surface area contributed by atoms with Crippen molar-refractivity contribution in [2.24, 2.45) is 0 Å². The first-order valence-corrected chi connectivity index (χ1v) is 6.71. The second-order valence-electron chi connectivity index (χ2n) is 5.33. The first-order valence-electron chi connectivity index (χ1n) is 6.71. The predicted octanol–water partition coefficient (Wildman–Crippen LogP) is 1.64. The number of carbonyl (C=O) groups excluding carboxylic acids is 1. The van der Waals surface area contributed by atoms with E-state index in [2.05, 4.69) is 10.3 Å². The summed E-state index contributed by atoms with van der Waals surface area (Å²) < 4.78 is 0. The number of carbonyl (C=O) groups is 1. The van der Waals surface area contributed by atoms with Crippen LogP contribution in [0, 0.1) is 6.92 Å². The van der Waals surface area contributed by atoms with E-state index < -0.39 is 0 Å². The van der Waals surface area contributed by atoms with Crippen molar-refractivity contribution in [3.05, 3.63) is 24.0 Å². The minimum atomic E-state index is -0.289. The second kappa shape index (κ2) is 4.35. The van der Waals surface area contributed by atoms with Gasteiger partial charge < -0.3 is 10.2 Å². The van der Waals surface area contributed by atoms with Crippen LogP contribution in [0.2, 0.25) is 0 Å². The highest BCUT2D eigenvalue weighted by molar-refractivity contribution is 6.01. The third kappa shape index (κ3) is 1.81. The van der Waals surface area contributed by atoms with Gasteiger partial charge in [-0.25, -0.2) is 0 Å². The number of aromatic nitrogens is 1. The molecule has 2 aliphatic rings. The Morgan fingerprint density at radius 3 is 2.83 bits per heavy atom. The van der Waals surface area contributed by atoms with Gasteiger partial charge in [-0.2, -0.15) is 0 Å². The van der Waals surface area contributed by atoms with Crippen molar-refractivity contribution < 1.29 is 4.79 Å². The summed E-state index contributed by atoms with van der Waals surface area (Å²) in [6.45, 7) is 3.74. The molecule has 0 bridgehead atoms. The van der Waals surface area contributed by atoms with Crippen molar-refractivity contribution in [3.63, 3.8) is 0 Å². The third-order valence-electron chi connectivity index (χ3n) is 4.09. The van der Waals surface area contributed by atoms with E-state index in [0.717, 1.165) is 50.2 Å². The minimum absolute atomic E-state index is 0.233. The van der Waals surface area contributed by atoms with E-state index >= 15 is 0 Å². The van der Waals surface area contributed by atoms with Gasteiger partial charge in [-0.1, -0.05) is 0 Å². The average molecular weight is 245 g/mol. The van der Waals surface area contributed by atoms with Crippen LogP contribution in [0.25, 0.3) is 0 Å². The number of nitrogens with zero attached hydrogens (tertiary/aromatic N) is 2. The molecular weight excluding hydrogens is 226 g/mol. The molecule has 1 amide bonds. The molecule has 0 radical (unpaired) electrons. The van der Waals surface area contributed by atoms with Crippen LogP contribution < -0.4 is 10.2 Å². The van der Waals surface area contributed by atoms with Gasteiger partial charge in [0, 0.05) is 12.2 Å². The summed E-state index contributed by atoms with van der Waals surface area (Å²) in [6, 6.07) is 3.96. The van der Waals surface area contributed by atoms with Gasteiger partial charge in [0.25, 0.3) is 0 Å². The number of hydrogen-bond acceptors (Lipinski definition) is 3. The monoisotopic (exact) mass is 245 g/mol. The van der Waals surface area contributed by atoms with Crippen molar-refractivity contribution in [2.75, 3.05) is 18.0 Å². The topological polar surface area (TPSA) is 45.2 Å². The van der Waals surface area contributed by atoms with Gasteiger partial charge in [-0.3, -0.25) is 9.78 Å². The van der Waals surface area contributed by atoms with Crippen LogP contribution >= 0.6 is 0 Å². The summed E-state index contributed by atoms with van der Waals surface area (Å²) in [6.07, 6.45) is 5.92. The third-order valence-corrected chi connectivity index (χ3v) is 4.09. The Labute approximate surface area is 107 Å². The fraction of sp³-hybridized carbons (Fsp3) is 0.571. The normalized spacial score (nSPS) is 28.1. The lowest BCUT2D eigenvalue weighted by Crippen LogP contribution is -2.58. The Bertz CT molecular complexity index is 449. The number of rotatable bonds is 1. The smallest absolute Gasteiger partial charge is 0.247 e. The summed E-state index contributed by atoms with van der Waals surface area (Å²) in [5, 5.41) is 3.42. The standard InChI is InChI=1S/C14H19N3O/c1-11-4-5-12(10-15-11)17-9-3-7-14(13(17)18)6-2-8-16-14/h4-5,10,16H,2-3,6-9H2,1H3. The highest BCUT2D eigenvalue weighted by Crippen LogP contribution is 2.33. The molecule has 0 saturated carbocycles. The van der Waals surface area contributed by atoms with E-state index in [-0.39, 0.29) is 11.4 Å². The molecule has 96 valence electrons. The highest BCUT2D eigenvalue weighted by Gasteiger charge is 2.45. The molecule has 1 aromatic heterocycles. The second-order valence-corrected chi connectivity index (χ2v) is 5.33. The molecule has 1 spiro atoms. The van der Waals surface area contributed by atoms with Gasteiger partial charge in [-0.05, 0) is 51.3 Å².